The Balaban J connectivity index is 1.94. The lowest BCUT2D eigenvalue weighted by Gasteiger charge is -2.32. The third-order valence-corrected chi connectivity index (χ3v) is 3.32. The zero-order chi connectivity index (χ0) is 13.0. The summed E-state index contributed by atoms with van der Waals surface area (Å²) in [6.07, 6.45) is 5.17. The fraction of sp³-hybridized carbons (Fsp3) is 0.692. The van der Waals surface area contributed by atoms with Crippen LogP contribution in [-0.4, -0.2) is 46.3 Å². The van der Waals surface area contributed by atoms with Gasteiger partial charge in [-0.2, -0.15) is 5.10 Å². The molecule has 0 aliphatic carbocycles. The molecule has 0 radical (unpaired) electrons. The fourth-order valence-corrected chi connectivity index (χ4v) is 2.37. The normalized spacial score (nSPS) is 20.1. The maximum absolute atomic E-state index is 12.3. The zero-order valence-corrected chi connectivity index (χ0v) is 11.2. The van der Waals surface area contributed by atoms with Gasteiger partial charge < -0.3 is 10.2 Å². The molecule has 1 aromatic heterocycles. The lowest BCUT2D eigenvalue weighted by Crippen LogP contribution is -2.48. The molecule has 1 atom stereocenters. The van der Waals surface area contributed by atoms with Crippen LogP contribution in [0.2, 0.25) is 0 Å². The Morgan fingerprint density at radius 1 is 1.61 bits per heavy atom. The van der Waals surface area contributed by atoms with Crippen molar-refractivity contribution in [2.45, 2.75) is 32.2 Å². The van der Waals surface area contributed by atoms with Gasteiger partial charge in [0.15, 0.2) is 0 Å². The summed E-state index contributed by atoms with van der Waals surface area (Å²) >= 11 is 0. The number of nitrogens with one attached hydrogen (secondary N) is 1. The number of aryl methyl sites for hydroxylation is 1. The van der Waals surface area contributed by atoms with Crippen LogP contribution in [0, 0.1) is 0 Å². The summed E-state index contributed by atoms with van der Waals surface area (Å²) in [4.78, 5) is 14.2. The van der Waals surface area contributed by atoms with E-state index in [0.717, 1.165) is 38.9 Å². The zero-order valence-electron chi connectivity index (χ0n) is 11.2. The van der Waals surface area contributed by atoms with Crippen molar-refractivity contribution >= 4 is 5.91 Å². The second-order valence-electron chi connectivity index (χ2n) is 4.92. The van der Waals surface area contributed by atoms with Crippen LogP contribution in [0.5, 0.6) is 0 Å². The smallest absolute Gasteiger partial charge is 0.274 e. The van der Waals surface area contributed by atoms with E-state index in [1.807, 2.05) is 18.1 Å². The summed E-state index contributed by atoms with van der Waals surface area (Å²) in [7, 11) is 1.83. The summed E-state index contributed by atoms with van der Waals surface area (Å²) in [5.74, 6) is 0.0543. The average Bonchev–Trinajstić information content (AvgIpc) is 2.82. The fourth-order valence-electron chi connectivity index (χ4n) is 2.37. The topological polar surface area (TPSA) is 50.2 Å². The van der Waals surface area contributed by atoms with E-state index in [1.54, 1.807) is 10.7 Å². The molecular formula is C13H22N4O. The SMILES string of the molecule is CCCNC1CCCN(C(=O)c2ccn(C)n2)C1. The highest BCUT2D eigenvalue weighted by Gasteiger charge is 2.25. The number of hydrogen-bond donors (Lipinski definition) is 1. The van der Waals surface area contributed by atoms with Crippen LogP contribution in [0.4, 0.5) is 0 Å². The van der Waals surface area contributed by atoms with Crippen molar-refractivity contribution in [3.63, 3.8) is 0 Å². The van der Waals surface area contributed by atoms with Gasteiger partial charge in [-0.3, -0.25) is 9.48 Å². The molecule has 0 aromatic carbocycles. The molecule has 1 fully saturated rings. The van der Waals surface area contributed by atoms with Crippen molar-refractivity contribution in [2.24, 2.45) is 7.05 Å². The summed E-state index contributed by atoms with van der Waals surface area (Å²) < 4.78 is 1.67. The van der Waals surface area contributed by atoms with Gasteiger partial charge in [0.05, 0.1) is 0 Å². The summed E-state index contributed by atoms with van der Waals surface area (Å²) in [6.45, 7) is 4.83. The number of piperidine rings is 1. The third-order valence-electron chi connectivity index (χ3n) is 3.32. The molecule has 1 N–H and O–H groups in total. The van der Waals surface area contributed by atoms with Crippen LogP contribution in [0.15, 0.2) is 12.3 Å². The lowest BCUT2D eigenvalue weighted by molar-refractivity contribution is 0.0688. The first kappa shape index (κ1) is 13.1. The first-order chi connectivity index (χ1) is 8.70. The van der Waals surface area contributed by atoms with Crippen LogP contribution >= 0.6 is 0 Å². The standard InChI is InChI=1S/C13H22N4O/c1-3-7-14-11-5-4-8-17(10-11)13(18)12-6-9-16(2)15-12/h6,9,11,14H,3-5,7-8,10H2,1-2H3. The molecular weight excluding hydrogens is 228 g/mol. The molecule has 18 heavy (non-hydrogen) atoms. The molecule has 1 aliphatic heterocycles. The first-order valence-electron chi connectivity index (χ1n) is 6.73. The molecule has 5 nitrogen and oxygen atoms in total. The number of aromatic nitrogens is 2. The molecule has 1 saturated heterocycles. The van der Waals surface area contributed by atoms with Crippen LogP contribution in [-0.2, 0) is 7.05 Å². The Morgan fingerprint density at radius 2 is 2.44 bits per heavy atom. The number of amides is 1. The predicted octanol–water partition coefficient (Wildman–Crippen LogP) is 1.02. The number of nitrogens with zero attached hydrogens (tertiary/aromatic N) is 3. The molecule has 1 aliphatic rings. The van der Waals surface area contributed by atoms with Gasteiger partial charge in [-0.1, -0.05) is 6.92 Å². The van der Waals surface area contributed by atoms with E-state index in [9.17, 15) is 4.79 Å². The van der Waals surface area contributed by atoms with E-state index in [-0.39, 0.29) is 5.91 Å². The Kier molecular flexibility index (Phi) is 4.36. The quantitative estimate of drug-likeness (QED) is 0.868. The monoisotopic (exact) mass is 250 g/mol. The van der Waals surface area contributed by atoms with Gasteiger partial charge in [0.2, 0.25) is 0 Å². The van der Waals surface area contributed by atoms with Crippen molar-refractivity contribution in [1.82, 2.24) is 20.0 Å². The van der Waals surface area contributed by atoms with Gasteiger partial charge in [-0.05, 0) is 31.9 Å². The Morgan fingerprint density at radius 3 is 3.11 bits per heavy atom. The molecule has 5 heteroatoms. The highest BCUT2D eigenvalue weighted by atomic mass is 16.2. The van der Waals surface area contributed by atoms with E-state index >= 15 is 0 Å². The van der Waals surface area contributed by atoms with E-state index in [1.165, 1.54) is 0 Å². The van der Waals surface area contributed by atoms with Crippen LogP contribution < -0.4 is 5.32 Å². The third kappa shape index (κ3) is 3.10. The van der Waals surface area contributed by atoms with Gasteiger partial charge in [0.1, 0.15) is 5.69 Å². The van der Waals surface area contributed by atoms with E-state index in [0.29, 0.717) is 11.7 Å². The Labute approximate surface area is 108 Å². The second kappa shape index (κ2) is 6.00. The van der Waals surface area contributed by atoms with Crippen molar-refractivity contribution in [2.75, 3.05) is 19.6 Å². The summed E-state index contributed by atoms with van der Waals surface area (Å²) in [6, 6.07) is 2.22. The molecule has 1 unspecified atom stereocenters. The minimum atomic E-state index is 0.0543. The molecule has 1 amide bonds. The number of hydrogen-bond acceptors (Lipinski definition) is 3. The minimum absolute atomic E-state index is 0.0543. The molecule has 2 rings (SSSR count). The van der Waals surface area contributed by atoms with Gasteiger partial charge in [0.25, 0.3) is 5.91 Å². The van der Waals surface area contributed by atoms with Crippen LogP contribution in [0.1, 0.15) is 36.7 Å². The second-order valence-corrected chi connectivity index (χ2v) is 4.92. The van der Waals surface area contributed by atoms with Crippen LogP contribution in [0.25, 0.3) is 0 Å². The number of carbonyl (C=O) groups excluding carboxylic acids is 1. The van der Waals surface area contributed by atoms with Gasteiger partial charge in [-0.15, -0.1) is 0 Å². The highest BCUT2D eigenvalue weighted by molar-refractivity contribution is 5.92. The van der Waals surface area contributed by atoms with Crippen molar-refractivity contribution in [1.29, 1.82) is 0 Å². The Bertz CT molecular complexity index is 401. The van der Waals surface area contributed by atoms with Crippen molar-refractivity contribution in [3.05, 3.63) is 18.0 Å². The first-order valence-corrected chi connectivity index (χ1v) is 6.73. The molecule has 0 spiro atoms. The van der Waals surface area contributed by atoms with Crippen molar-refractivity contribution < 1.29 is 4.79 Å². The van der Waals surface area contributed by atoms with Gasteiger partial charge in [-0.25, -0.2) is 0 Å². The van der Waals surface area contributed by atoms with Crippen LogP contribution in [0.3, 0.4) is 0 Å². The predicted molar refractivity (Wildman–Crippen MR) is 70.4 cm³/mol. The number of likely N-dealkylation sites (tertiary alicyclic amines) is 1. The lowest BCUT2D eigenvalue weighted by atomic mass is 10.1. The van der Waals surface area contributed by atoms with Gasteiger partial charge >= 0.3 is 0 Å². The molecule has 2 heterocycles. The summed E-state index contributed by atoms with van der Waals surface area (Å²) in [5, 5.41) is 7.67. The largest absolute Gasteiger partial charge is 0.336 e. The molecule has 100 valence electrons. The Hall–Kier alpha value is -1.36. The average molecular weight is 250 g/mol. The highest BCUT2D eigenvalue weighted by Crippen LogP contribution is 2.13. The maximum Gasteiger partial charge on any atom is 0.274 e. The van der Waals surface area contributed by atoms with E-state index in [4.69, 9.17) is 0 Å². The molecule has 0 bridgehead atoms. The van der Waals surface area contributed by atoms with E-state index in [2.05, 4.69) is 17.3 Å². The van der Waals surface area contributed by atoms with Gasteiger partial charge in [0, 0.05) is 32.4 Å². The maximum atomic E-state index is 12.3. The number of rotatable bonds is 4. The van der Waals surface area contributed by atoms with E-state index < -0.39 is 0 Å². The molecule has 0 saturated carbocycles. The summed E-state index contributed by atoms with van der Waals surface area (Å²) in [5.41, 5.74) is 0.550. The minimum Gasteiger partial charge on any atom is -0.336 e. The number of carbonyl (C=O) groups is 1. The van der Waals surface area contributed by atoms with Crippen molar-refractivity contribution in [3.8, 4) is 0 Å². The molecule has 1 aromatic rings.